The average Bonchev–Trinajstić information content (AvgIpc) is 2.91. The van der Waals surface area contributed by atoms with Crippen LogP contribution in [0.2, 0.25) is 0 Å². The first kappa shape index (κ1) is 14.5. The van der Waals surface area contributed by atoms with Crippen LogP contribution in [0, 0.1) is 6.92 Å². The van der Waals surface area contributed by atoms with Gasteiger partial charge in [-0.1, -0.05) is 35.6 Å². The summed E-state index contributed by atoms with van der Waals surface area (Å²) in [4.78, 5) is 16.6. The molecule has 22 heavy (non-hydrogen) atoms. The maximum atomic E-state index is 12.2. The third-order valence-corrected chi connectivity index (χ3v) is 4.30. The largest absolute Gasteiger partial charge is 0.497 e. The summed E-state index contributed by atoms with van der Waals surface area (Å²) in [6, 6.07) is 13.5. The maximum absolute atomic E-state index is 12.2. The number of aryl methyl sites for hydroxylation is 1. The van der Waals surface area contributed by atoms with Crippen LogP contribution in [0.3, 0.4) is 0 Å². The average molecular weight is 312 g/mol. The first-order chi connectivity index (χ1) is 10.7. The molecule has 0 radical (unpaired) electrons. The number of anilines is 1. The fourth-order valence-corrected chi connectivity index (χ4v) is 3.23. The van der Waals surface area contributed by atoms with Crippen molar-refractivity contribution in [3.8, 4) is 5.75 Å². The molecule has 0 unspecified atom stereocenters. The molecule has 0 aliphatic rings. The number of methoxy groups -OCH3 is 1. The van der Waals surface area contributed by atoms with Gasteiger partial charge in [-0.15, -0.1) is 0 Å². The van der Waals surface area contributed by atoms with Crippen molar-refractivity contribution in [3.05, 3.63) is 53.6 Å². The molecule has 1 aromatic heterocycles. The fourth-order valence-electron chi connectivity index (χ4n) is 2.27. The molecule has 1 amide bonds. The van der Waals surface area contributed by atoms with E-state index in [4.69, 9.17) is 4.74 Å². The predicted octanol–water partition coefficient (Wildman–Crippen LogP) is 3.79. The number of ether oxygens (including phenoxy) is 1. The lowest BCUT2D eigenvalue weighted by molar-refractivity contribution is -0.115. The number of rotatable bonds is 4. The van der Waals surface area contributed by atoms with Gasteiger partial charge >= 0.3 is 0 Å². The molecule has 3 rings (SSSR count). The molecule has 112 valence electrons. The first-order valence-corrected chi connectivity index (χ1v) is 7.76. The Kier molecular flexibility index (Phi) is 4.06. The van der Waals surface area contributed by atoms with Crippen LogP contribution in [0.25, 0.3) is 10.2 Å². The van der Waals surface area contributed by atoms with Gasteiger partial charge in [-0.2, -0.15) is 0 Å². The molecule has 0 fully saturated rings. The summed E-state index contributed by atoms with van der Waals surface area (Å²) < 4.78 is 6.25. The zero-order valence-corrected chi connectivity index (χ0v) is 13.2. The molecule has 0 saturated heterocycles. The van der Waals surface area contributed by atoms with Crippen LogP contribution in [0.15, 0.2) is 42.5 Å². The van der Waals surface area contributed by atoms with E-state index in [2.05, 4.69) is 10.3 Å². The number of aromatic nitrogens is 1. The van der Waals surface area contributed by atoms with Gasteiger partial charge in [0.2, 0.25) is 5.91 Å². The third-order valence-electron chi connectivity index (χ3n) is 3.37. The van der Waals surface area contributed by atoms with Crippen LogP contribution >= 0.6 is 11.3 Å². The van der Waals surface area contributed by atoms with Crippen molar-refractivity contribution in [2.75, 3.05) is 12.4 Å². The van der Waals surface area contributed by atoms with Gasteiger partial charge in [0.05, 0.1) is 23.7 Å². The lowest BCUT2D eigenvalue weighted by Gasteiger charge is -2.04. The molecule has 0 saturated carbocycles. The number of carbonyl (C=O) groups is 1. The molecule has 4 nitrogen and oxygen atoms in total. The normalized spacial score (nSPS) is 10.6. The van der Waals surface area contributed by atoms with Crippen molar-refractivity contribution in [2.45, 2.75) is 13.3 Å². The molecule has 0 aliphatic heterocycles. The standard InChI is InChI=1S/C17H16N2O2S/c1-11-5-3-8-14-16(11)19-17(22-14)18-15(20)10-12-6-4-7-13(9-12)21-2/h3-9H,10H2,1-2H3,(H,18,19,20). The summed E-state index contributed by atoms with van der Waals surface area (Å²) in [5.41, 5.74) is 2.97. The Morgan fingerprint density at radius 3 is 2.86 bits per heavy atom. The Bertz CT molecular complexity index is 826. The van der Waals surface area contributed by atoms with Gasteiger partial charge in [0.25, 0.3) is 0 Å². The number of amides is 1. The van der Waals surface area contributed by atoms with E-state index in [1.54, 1.807) is 7.11 Å². The van der Waals surface area contributed by atoms with E-state index in [9.17, 15) is 4.79 Å². The maximum Gasteiger partial charge on any atom is 0.230 e. The van der Waals surface area contributed by atoms with Crippen molar-refractivity contribution < 1.29 is 9.53 Å². The first-order valence-electron chi connectivity index (χ1n) is 6.94. The van der Waals surface area contributed by atoms with Crippen molar-refractivity contribution in [3.63, 3.8) is 0 Å². The number of para-hydroxylation sites is 1. The monoisotopic (exact) mass is 312 g/mol. The molecule has 0 spiro atoms. The minimum Gasteiger partial charge on any atom is -0.497 e. The summed E-state index contributed by atoms with van der Waals surface area (Å²) in [5.74, 6) is 0.672. The predicted molar refractivity (Wildman–Crippen MR) is 89.7 cm³/mol. The number of benzene rings is 2. The highest BCUT2D eigenvalue weighted by Crippen LogP contribution is 2.28. The van der Waals surface area contributed by atoms with Crippen LogP contribution in [-0.4, -0.2) is 18.0 Å². The summed E-state index contributed by atoms with van der Waals surface area (Å²) in [7, 11) is 1.61. The van der Waals surface area contributed by atoms with Crippen LogP contribution in [-0.2, 0) is 11.2 Å². The van der Waals surface area contributed by atoms with Gasteiger partial charge in [0.1, 0.15) is 5.75 Å². The number of carbonyl (C=O) groups excluding carboxylic acids is 1. The quantitative estimate of drug-likeness (QED) is 0.797. The van der Waals surface area contributed by atoms with E-state index in [1.165, 1.54) is 11.3 Å². The molecular weight excluding hydrogens is 296 g/mol. The third kappa shape index (κ3) is 3.09. The number of nitrogens with zero attached hydrogens (tertiary/aromatic N) is 1. The van der Waals surface area contributed by atoms with Crippen molar-refractivity contribution in [1.82, 2.24) is 4.98 Å². The molecule has 5 heteroatoms. The molecule has 2 aromatic carbocycles. The Morgan fingerprint density at radius 1 is 1.27 bits per heavy atom. The Labute approximate surface area is 132 Å². The van der Waals surface area contributed by atoms with E-state index in [0.717, 1.165) is 27.1 Å². The van der Waals surface area contributed by atoms with Crippen LogP contribution in [0.1, 0.15) is 11.1 Å². The molecule has 0 aliphatic carbocycles. The molecule has 0 atom stereocenters. The molecule has 1 heterocycles. The van der Waals surface area contributed by atoms with Crippen molar-refractivity contribution in [1.29, 1.82) is 0 Å². The fraction of sp³-hybridized carbons (Fsp3) is 0.176. The van der Waals surface area contributed by atoms with E-state index in [1.807, 2.05) is 49.4 Å². The lowest BCUT2D eigenvalue weighted by atomic mass is 10.1. The Hall–Kier alpha value is -2.40. The van der Waals surface area contributed by atoms with Crippen molar-refractivity contribution in [2.24, 2.45) is 0 Å². The van der Waals surface area contributed by atoms with Gasteiger partial charge in [-0.05, 0) is 36.2 Å². The second-order valence-electron chi connectivity index (χ2n) is 5.02. The number of hydrogen-bond donors (Lipinski definition) is 1. The second kappa shape index (κ2) is 6.15. The highest BCUT2D eigenvalue weighted by atomic mass is 32.1. The number of nitrogens with one attached hydrogen (secondary N) is 1. The topological polar surface area (TPSA) is 51.2 Å². The Morgan fingerprint density at radius 2 is 2.09 bits per heavy atom. The summed E-state index contributed by atoms with van der Waals surface area (Å²) >= 11 is 1.49. The van der Waals surface area contributed by atoms with Gasteiger partial charge in [0, 0.05) is 0 Å². The zero-order valence-electron chi connectivity index (χ0n) is 12.4. The smallest absolute Gasteiger partial charge is 0.230 e. The van der Waals surface area contributed by atoms with Crippen molar-refractivity contribution >= 4 is 32.6 Å². The van der Waals surface area contributed by atoms with E-state index >= 15 is 0 Å². The second-order valence-corrected chi connectivity index (χ2v) is 6.05. The van der Waals surface area contributed by atoms with E-state index in [-0.39, 0.29) is 5.91 Å². The van der Waals surface area contributed by atoms with Gasteiger partial charge in [-0.25, -0.2) is 4.98 Å². The molecule has 3 aromatic rings. The van der Waals surface area contributed by atoms with Crippen LogP contribution in [0.4, 0.5) is 5.13 Å². The van der Waals surface area contributed by atoms with Crippen LogP contribution < -0.4 is 10.1 Å². The highest BCUT2D eigenvalue weighted by molar-refractivity contribution is 7.22. The number of thiazole rings is 1. The lowest BCUT2D eigenvalue weighted by Crippen LogP contribution is -2.14. The summed E-state index contributed by atoms with van der Waals surface area (Å²) in [6.45, 7) is 2.02. The SMILES string of the molecule is COc1cccc(CC(=O)Nc2nc3c(C)cccc3s2)c1. The number of hydrogen-bond acceptors (Lipinski definition) is 4. The minimum absolute atomic E-state index is 0.0787. The van der Waals surface area contributed by atoms with Gasteiger partial charge in [0.15, 0.2) is 5.13 Å². The van der Waals surface area contributed by atoms with E-state index in [0.29, 0.717) is 11.6 Å². The summed E-state index contributed by atoms with van der Waals surface area (Å²) in [6.07, 6.45) is 0.298. The zero-order chi connectivity index (χ0) is 15.5. The summed E-state index contributed by atoms with van der Waals surface area (Å²) in [5, 5.41) is 3.51. The molecule has 1 N–H and O–H groups in total. The van der Waals surface area contributed by atoms with Gasteiger partial charge < -0.3 is 10.1 Å². The van der Waals surface area contributed by atoms with Gasteiger partial charge in [-0.3, -0.25) is 4.79 Å². The van der Waals surface area contributed by atoms with Crippen LogP contribution in [0.5, 0.6) is 5.75 Å². The Balaban J connectivity index is 1.74. The molecular formula is C17H16N2O2S. The highest BCUT2D eigenvalue weighted by Gasteiger charge is 2.10. The molecule has 0 bridgehead atoms. The minimum atomic E-state index is -0.0787. The number of fused-ring (bicyclic) bond motifs is 1. The van der Waals surface area contributed by atoms with E-state index < -0.39 is 0 Å².